The normalized spacial score (nSPS) is 21.3. The van der Waals surface area contributed by atoms with Crippen molar-refractivity contribution in [3.63, 3.8) is 0 Å². The van der Waals surface area contributed by atoms with Crippen LogP contribution in [0.25, 0.3) is 0 Å². The van der Waals surface area contributed by atoms with E-state index >= 15 is 0 Å². The van der Waals surface area contributed by atoms with Gasteiger partial charge in [-0.3, -0.25) is 19.2 Å². The van der Waals surface area contributed by atoms with Crippen LogP contribution in [0.5, 0.6) is 0 Å². The van der Waals surface area contributed by atoms with Crippen molar-refractivity contribution in [2.75, 3.05) is 31.2 Å². The third kappa shape index (κ3) is 4.82. The molecule has 0 spiro atoms. The Kier molecular flexibility index (Phi) is 6.61. The van der Waals surface area contributed by atoms with E-state index in [1.54, 1.807) is 30.3 Å². The van der Waals surface area contributed by atoms with Crippen molar-refractivity contribution >= 4 is 29.3 Å². The Morgan fingerprint density at radius 3 is 1.89 bits per heavy atom. The van der Waals surface area contributed by atoms with Gasteiger partial charge in [0, 0.05) is 37.4 Å². The number of rotatable bonds is 7. The number of imide groups is 1. The maximum Gasteiger partial charge on any atom is 0.266 e. The minimum absolute atomic E-state index is 0.00757. The lowest BCUT2D eigenvalue weighted by atomic mass is 10.1. The maximum absolute atomic E-state index is 13.1. The molecule has 3 aliphatic heterocycles. The van der Waals surface area contributed by atoms with Gasteiger partial charge in [0.15, 0.2) is 0 Å². The summed E-state index contributed by atoms with van der Waals surface area (Å²) in [5.74, 6) is -1.53. The molecule has 0 radical (unpaired) electrons. The third-order valence-corrected chi connectivity index (χ3v) is 6.57. The number of nitrogens with one attached hydrogen (secondary N) is 2. The predicted octanol–water partition coefficient (Wildman–Crippen LogP) is 2.30. The zero-order valence-electron chi connectivity index (χ0n) is 19.2. The smallest absolute Gasteiger partial charge is 0.266 e. The van der Waals surface area contributed by atoms with E-state index in [0.717, 1.165) is 37.2 Å². The lowest BCUT2D eigenvalue weighted by Crippen LogP contribution is -2.32. The van der Waals surface area contributed by atoms with E-state index in [0.29, 0.717) is 36.5 Å². The zero-order chi connectivity index (χ0) is 24.4. The Morgan fingerprint density at radius 2 is 1.31 bits per heavy atom. The summed E-state index contributed by atoms with van der Waals surface area (Å²) < 4.78 is 11.0. The van der Waals surface area contributed by atoms with Gasteiger partial charge >= 0.3 is 0 Å². The van der Waals surface area contributed by atoms with Crippen LogP contribution in [-0.2, 0) is 9.47 Å². The van der Waals surface area contributed by atoms with Gasteiger partial charge in [-0.15, -0.1) is 0 Å². The Labute approximate surface area is 202 Å². The fourth-order valence-electron chi connectivity index (χ4n) is 4.61. The molecule has 5 rings (SSSR count). The SMILES string of the molecule is O=C(NC[C@H]1CCCO1)c1ccc(N2C(=O)c3ccc(C(=O)NC[C@@H]4CCCO4)cc3C2=O)cc1. The highest BCUT2D eigenvalue weighted by atomic mass is 16.5. The summed E-state index contributed by atoms with van der Waals surface area (Å²) >= 11 is 0. The number of ether oxygens (including phenoxy) is 2. The molecule has 9 heteroatoms. The fraction of sp³-hybridized carbons (Fsp3) is 0.385. The van der Waals surface area contributed by atoms with Gasteiger partial charge in [-0.2, -0.15) is 0 Å². The quantitative estimate of drug-likeness (QED) is 0.592. The van der Waals surface area contributed by atoms with Gasteiger partial charge in [0.1, 0.15) is 0 Å². The first kappa shape index (κ1) is 23.2. The van der Waals surface area contributed by atoms with Crippen LogP contribution in [0.1, 0.15) is 67.1 Å². The first-order chi connectivity index (χ1) is 17.0. The molecule has 4 amide bonds. The molecule has 0 aromatic heterocycles. The second-order valence-electron chi connectivity index (χ2n) is 8.94. The molecule has 2 aromatic rings. The lowest BCUT2D eigenvalue weighted by molar-refractivity contribution is 0.0854. The summed E-state index contributed by atoms with van der Waals surface area (Å²) in [6, 6.07) is 10.8. The third-order valence-electron chi connectivity index (χ3n) is 6.57. The number of amides is 4. The number of carbonyl (C=O) groups is 4. The van der Waals surface area contributed by atoms with Crippen LogP contribution < -0.4 is 15.5 Å². The summed E-state index contributed by atoms with van der Waals surface area (Å²) in [7, 11) is 0. The van der Waals surface area contributed by atoms with E-state index < -0.39 is 11.8 Å². The van der Waals surface area contributed by atoms with Gasteiger partial charge in [-0.1, -0.05) is 0 Å². The first-order valence-corrected chi connectivity index (χ1v) is 11.9. The van der Waals surface area contributed by atoms with Gasteiger partial charge in [-0.05, 0) is 68.1 Å². The topological polar surface area (TPSA) is 114 Å². The molecule has 182 valence electrons. The summed E-state index contributed by atoms with van der Waals surface area (Å²) in [4.78, 5) is 52.1. The summed E-state index contributed by atoms with van der Waals surface area (Å²) in [6.45, 7) is 2.27. The van der Waals surface area contributed by atoms with Crippen LogP contribution in [0, 0.1) is 0 Å². The van der Waals surface area contributed by atoms with Crippen molar-refractivity contribution in [2.45, 2.75) is 37.9 Å². The van der Waals surface area contributed by atoms with Crippen molar-refractivity contribution in [2.24, 2.45) is 0 Å². The van der Waals surface area contributed by atoms with Crippen LogP contribution in [-0.4, -0.2) is 62.1 Å². The first-order valence-electron chi connectivity index (χ1n) is 11.9. The molecule has 0 unspecified atom stereocenters. The van der Waals surface area contributed by atoms with Gasteiger partial charge in [0.2, 0.25) is 0 Å². The van der Waals surface area contributed by atoms with Gasteiger partial charge in [0.25, 0.3) is 23.6 Å². The van der Waals surface area contributed by atoms with Crippen LogP contribution >= 0.6 is 0 Å². The molecule has 2 saturated heterocycles. The molecular weight excluding hydrogens is 450 g/mol. The second kappa shape index (κ2) is 9.97. The predicted molar refractivity (Wildman–Crippen MR) is 127 cm³/mol. The number of carbonyl (C=O) groups excluding carboxylic acids is 4. The number of anilines is 1. The number of benzene rings is 2. The monoisotopic (exact) mass is 477 g/mol. The van der Waals surface area contributed by atoms with Crippen LogP contribution in [0.2, 0.25) is 0 Å². The molecule has 2 atom stereocenters. The molecule has 2 fully saturated rings. The molecule has 0 saturated carbocycles. The molecule has 0 aliphatic carbocycles. The van der Waals surface area contributed by atoms with Crippen LogP contribution in [0.15, 0.2) is 42.5 Å². The number of hydrogen-bond acceptors (Lipinski definition) is 6. The highest BCUT2D eigenvalue weighted by Crippen LogP contribution is 2.29. The van der Waals surface area contributed by atoms with Crippen LogP contribution in [0.4, 0.5) is 5.69 Å². The van der Waals surface area contributed by atoms with Crippen molar-refractivity contribution in [1.29, 1.82) is 0 Å². The largest absolute Gasteiger partial charge is 0.376 e. The van der Waals surface area contributed by atoms with Crippen molar-refractivity contribution < 1.29 is 28.7 Å². The van der Waals surface area contributed by atoms with E-state index in [9.17, 15) is 19.2 Å². The summed E-state index contributed by atoms with van der Waals surface area (Å²) in [5.41, 5.74) is 1.51. The Hall–Kier alpha value is -3.56. The van der Waals surface area contributed by atoms with E-state index in [-0.39, 0.29) is 35.1 Å². The second-order valence-corrected chi connectivity index (χ2v) is 8.94. The Morgan fingerprint density at radius 1 is 0.771 bits per heavy atom. The van der Waals surface area contributed by atoms with Gasteiger partial charge in [-0.25, -0.2) is 4.90 Å². The molecule has 2 aromatic carbocycles. The molecule has 3 aliphatic rings. The zero-order valence-corrected chi connectivity index (χ0v) is 19.2. The molecule has 3 heterocycles. The average molecular weight is 478 g/mol. The number of fused-ring (bicyclic) bond motifs is 1. The molecule has 2 N–H and O–H groups in total. The Bertz CT molecular complexity index is 1150. The van der Waals surface area contributed by atoms with E-state index in [1.807, 2.05) is 0 Å². The van der Waals surface area contributed by atoms with E-state index in [1.165, 1.54) is 12.1 Å². The minimum atomic E-state index is -0.505. The lowest BCUT2D eigenvalue weighted by Gasteiger charge is -2.15. The molecule has 9 nitrogen and oxygen atoms in total. The maximum atomic E-state index is 13.1. The molecular formula is C26H27N3O6. The molecule has 35 heavy (non-hydrogen) atoms. The summed E-state index contributed by atoms with van der Waals surface area (Å²) in [5, 5.41) is 5.68. The van der Waals surface area contributed by atoms with Gasteiger partial charge in [0.05, 0.1) is 29.0 Å². The van der Waals surface area contributed by atoms with Crippen LogP contribution in [0.3, 0.4) is 0 Å². The minimum Gasteiger partial charge on any atom is -0.376 e. The number of hydrogen-bond donors (Lipinski definition) is 2. The Balaban J connectivity index is 1.25. The van der Waals surface area contributed by atoms with Crippen molar-refractivity contribution in [1.82, 2.24) is 10.6 Å². The van der Waals surface area contributed by atoms with Gasteiger partial charge < -0.3 is 20.1 Å². The average Bonchev–Trinajstić information content (AvgIpc) is 3.64. The highest BCUT2D eigenvalue weighted by Gasteiger charge is 2.37. The fourth-order valence-corrected chi connectivity index (χ4v) is 4.61. The standard InChI is InChI=1S/C26H27N3O6/c30-23(27-14-19-3-1-11-34-19)16-5-8-18(9-6-16)29-25(32)21-10-7-17(13-22(21)26(29)33)24(31)28-15-20-4-2-12-35-20/h5-10,13,19-20H,1-4,11-12,14-15H2,(H,27,30)(H,28,31)/t19-,20+/m1/s1. The highest BCUT2D eigenvalue weighted by molar-refractivity contribution is 6.34. The summed E-state index contributed by atoms with van der Waals surface area (Å²) in [6.07, 6.45) is 3.86. The van der Waals surface area contributed by atoms with E-state index in [2.05, 4.69) is 10.6 Å². The molecule has 0 bridgehead atoms. The number of nitrogens with zero attached hydrogens (tertiary/aromatic N) is 1. The van der Waals surface area contributed by atoms with Crippen molar-refractivity contribution in [3.05, 3.63) is 64.7 Å². The van der Waals surface area contributed by atoms with Crippen molar-refractivity contribution in [3.8, 4) is 0 Å². The van der Waals surface area contributed by atoms with E-state index in [4.69, 9.17) is 9.47 Å².